The molecule has 0 spiro atoms. The van der Waals surface area contributed by atoms with Crippen molar-refractivity contribution in [2.24, 2.45) is 0 Å². The molecule has 0 unspecified atom stereocenters. The number of hydrogen-bond acceptors (Lipinski definition) is 2. The molecule has 1 aromatic rings. The monoisotopic (exact) mass is 226 g/mol. The molecule has 15 heavy (non-hydrogen) atoms. The van der Waals surface area contributed by atoms with Gasteiger partial charge in [-0.1, -0.05) is 24.9 Å². The van der Waals surface area contributed by atoms with E-state index < -0.39 is 0 Å². The Morgan fingerprint density at radius 2 is 2.33 bits per heavy atom. The van der Waals surface area contributed by atoms with Crippen LogP contribution in [0.2, 0.25) is 5.02 Å². The van der Waals surface area contributed by atoms with E-state index in [1.165, 1.54) is 6.20 Å². The lowest BCUT2D eigenvalue weighted by Crippen LogP contribution is -2.24. The summed E-state index contributed by atoms with van der Waals surface area (Å²) in [7, 11) is 0. The fourth-order valence-corrected chi connectivity index (χ4v) is 1.46. The van der Waals surface area contributed by atoms with Crippen molar-refractivity contribution in [1.29, 1.82) is 0 Å². The first-order chi connectivity index (χ1) is 7.15. The molecule has 0 aromatic carbocycles. The molecule has 1 amide bonds. The van der Waals surface area contributed by atoms with E-state index in [0.29, 0.717) is 17.1 Å². The summed E-state index contributed by atoms with van der Waals surface area (Å²) in [6.07, 6.45) is 3.54. The molecule has 0 saturated carbocycles. The van der Waals surface area contributed by atoms with E-state index in [1.807, 2.05) is 6.92 Å². The number of amides is 1. The molecule has 0 aliphatic heterocycles. The zero-order valence-corrected chi connectivity index (χ0v) is 9.77. The summed E-state index contributed by atoms with van der Waals surface area (Å²) in [5, 5.41) is 3.25. The van der Waals surface area contributed by atoms with Gasteiger partial charge in [0.1, 0.15) is 0 Å². The van der Waals surface area contributed by atoms with Crippen molar-refractivity contribution in [2.45, 2.75) is 26.7 Å². The number of hydrogen-bond donors (Lipinski definition) is 1. The predicted molar refractivity (Wildman–Crippen MR) is 61.2 cm³/mol. The first-order valence-corrected chi connectivity index (χ1v) is 5.43. The Kier molecular flexibility index (Phi) is 4.56. The Labute approximate surface area is 94.9 Å². The number of aryl methyl sites for hydroxylation is 1. The van der Waals surface area contributed by atoms with Crippen molar-refractivity contribution in [3.63, 3.8) is 0 Å². The highest BCUT2D eigenvalue weighted by Crippen LogP contribution is 2.15. The molecule has 0 fully saturated rings. The van der Waals surface area contributed by atoms with Crippen LogP contribution in [0.4, 0.5) is 0 Å². The molecule has 0 aliphatic carbocycles. The van der Waals surface area contributed by atoms with Gasteiger partial charge in [-0.25, -0.2) is 0 Å². The SMILES string of the molecule is CCCCNC(=O)c1cnc(C)cc1Cl. The lowest BCUT2D eigenvalue weighted by molar-refractivity contribution is 0.0953. The van der Waals surface area contributed by atoms with E-state index in [2.05, 4.69) is 17.2 Å². The zero-order chi connectivity index (χ0) is 11.3. The van der Waals surface area contributed by atoms with Crippen molar-refractivity contribution in [2.75, 3.05) is 6.54 Å². The highest BCUT2D eigenvalue weighted by atomic mass is 35.5. The third-order valence-corrected chi connectivity index (χ3v) is 2.36. The highest BCUT2D eigenvalue weighted by Gasteiger charge is 2.09. The van der Waals surface area contributed by atoms with Crippen molar-refractivity contribution in [1.82, 2.24) is 10.3 Å². The molecule has 1 aromatic heterocycles. The van der Waals surface area contributed by atoms with Crippen LogP contribution >= 0.6 is 11.6 Å². The van der Waals surface area contributed by atoms with Crippen LogP contribution in [0.15, 0.2) is 12.3 Å². The van der Waals surface area contributed by atoms with E-state index >= 15 is 0 Å². The summed E-state index contributed by atoms with van der Waals surface area (Å²) in [4.78, 5) is 15.7. The molecular weight excluding hydrogens is 212 g/mol. The summed E-state index contributed by atoms with van der Waals surface area (Å²) in [5.41, 5.74) is 1.25. The van der Waals surface area contributed by atoms with Gasteiger partial charge in [0.15, 0.2) is 0 Å². The quantitative estimate of drug-likeness (QED) is 0.802. The highest BCUT2D eigenvalue weighted by molar-refractivity contribution is 6.33. The molecule has 1 rings (SSSR count). The number of pyridine rings is 1. The van der Waals surface area contributed by atoms with Gasteiger partial charge in [-0.3, -0.25) is 9.78 Å². The van der Waals surface area contributed by atoms with E-state index in [1.54, 1.807) is 6.07 Å². The predicted octanol–water partition coefficient (Wildman–Crippen LogP) is 2.57. The molecular formula is C11H15ClN2O. The molecule has 82 valence electrons. The summed E-state index contributed by atoms with van der Waals surface area (Å²) in [6.45, 7) is 4.59. The van der Waals surface area contributed by atoms with Gasteiger partial charge in [-0.2, -0.15) is 0 Å². The lowest BCUT2D eigenvalue weighted by Gasteiger charge is -2.05. The van der Waals surface area contributed by atoms with E-state index in [4.69, 9.17) is 11.6 Å². The fraction of sp³-hybridized carbons (Fsp3) is 0.455. The molecule has 0 radical (unpaired) electrons. The normalized spacial score (nSPS) is 10.1. The molecule has 0 saturated heterocycles. The van der Waals surface area contributed by atoms with Gasteiger partial charge < -0.3 is 5.32 Å². The van der Waals surface area contributed by atoms with Gasteiger partial charge in [-0.15, -0.1) is 0 Å². The Morgan fingerprint density at radius 1 is 1.60 bits per heavy atom. The van der Waals surface area contributed by atoms with Gasteiger partial charge in [0.05, 0.1) is 10.6 Å². The second kappa shape index (κ2) is 5.71. The molecule has 0 aliphatic rings. The Balaban J connectivity index is 2.65. The van der Waals surface area contributed by atoms with Crippen molar-refractivity contribution >= 4 is 17.5 Å². The van der Waals surface area contributed by atoms with Crippen molar-refractivity contribution < 1.29 is 4.79 Å². The number of carbonyl (C=O) groups excluding carboxylic acids is 1. The van der Waals surface area contributed by atoms with Crippen molar-refractivity contribution in [3.8, 4) is 0 Å². The van der Waals surface area contributed by atoms with Gasteiger partial charge in [0.25, 0.3) is 5.91 Å². The molecule has 1 N–H and O–H groups in total. The third kappa shape index (κ3) is 3.51. The smallest absolute Gasteiger partial charge is 0.254 e. The Morgan fingerprint density at radius 3 is 2.93 bits per heavy atom. The summed E-state index contributed by atoms with van der Waals surface area (Å²) >= 11 is 5.94. The Hall–Kier alpha value is -1.09. The average Bonchev–Trinajstić information content (AvgIpc) is 2.17. The topological polar surface area (TPSA) is 42.0 Å². The van der Waals surface area contributed by atoms with E-state index in [-0.39, 0.29) is 5.91 Å². The number of rotatable bonds is 4. The maximum atomic E-state index is 11.6. The van der Waals surface area contributed by atoms with Crippen molar-refractivity contribution in [3.05, 3.63) is 28.5 Å². The average molecular weight is 227 g/mol. The number of carbonyl (C=O) groups is 1. The standard InChI is InChI=1S/C11H15ClN2O/c1-3-4-5-13-11(15)9-7-14-8(2)6-10(9)12/h6-7H,3-5H2,1-2H3,(H,13,15). The molecule has 0 atom stereocenters. The second-order valence-electron chi connectivity index (χ2n) is 3.41. The van der Waals surface area contributed by atoms with Gasteiger partial charge in [0.2, 0.25) is 0 Å². The van der Waals surface area contributed by atoms with Crippen LogP contribution in [0.25, 0.3) is 0 Å². The van der Waals surface area contributed by atoms with Crippen LogP contribution in [0.3, 0.4) is 0 Å². The first-order valence-electron chi connectivity index (χ1n) is 5.05. The van der Waals surface area contributed by atoms with Gasteiger partial charge >= 0.3 is 0 Å². The number of nitrogens with one attached hydrogen (secondary N) is 1. The maximum absolute atomic E-state index is 11.6. The zero-order valence-electron chi connectivity index (χ0n) is 9.01. The number of unbranched alkanes of at least 4 members (excludes halogenated alkanes) is 1. The maximum Gasteiger partial charge on any atom is 0.254 e. The van der Waals surface area contributed by atoms with Crippen LogP contribution in [0, 0.1) is 6.92 Å². The van der Waals surface area contributed by atoms with E-state index in [0.717, 1.165) is 18.5 Å². The summed E-state index contributed by atoms with van der Waals surface area (Å²) < 4.78 is 0. The largest absolute Gasteiger partial charge is 0.352 e. The minimum atomic E-state index is -0.152. The fourth-order valence-electron chi connectivity index (χ4n) is 1.17. The number of aromatic nitrogens is 1. The van der Waals surface area contributed by atoms with Crippen LogP contribution in [0.5, 0.6) is 0 Å². The minimum Gasteiger partial charge on any atom is -0.352 e. The van der Waals surface area contributed by atoms with Gasteiger partial charge in [-0.05, 0) is 19.4 Å². The molecule has 4 heteroatoms. The van der Waals surface area contributed by atoms with Crippen LogP contribution in [-0.4, -0.2) is 17.4 Å². The summed E-state index contributed by atoms with van der Waals surface area (Å²) in [6, 6.07) is 1.69. The van der Waals surface area contributed by atoms with Crippen LogP contribution < -0.4 is 5.32 Å². The van der Waals surface area contributed by atoms with E-state index in [9.17, 15) is 4.79 Å². The lowest BCUT2D eigenvalue weighted by atomic mass is 10.2. The number of halogens is 1. The van der Waals surface area contributed by atoms with Crippen LogP contribution in [0.1, 0.15) is 35.8 Å². The molecule has 0 bridgehead atoms. The first kappa shape index (κ1) is 12.0. The number of nitrogens with zero attached hydrogens (tertiary/aromatic N) is 1. The molecule has 3 nitrogen and oxygen atoms in total. The molecule has 1 heterocycles. The minimum absolute atomic E-state index is 0.152. The Bertz CT molecular complexity index is 352. The van der Waals surface area contributed by atoms with Gasteiger partial charge in [0, 0.05) is 18.4 Å². The third-order valence-electron chi connectivity index (χ3n) is 2.05. The second-order valence-corrected chi connectivity index (χ2v) is 3.82. The summed E-state index contributed by atoms with van der Waals surface area (Å²) in [5.74, 6) is -0.152. The van der Waals surface area contributed by atoms with Crippen LogP contribution in [-0.2, 0) is 0 Å².